The summed E-state index contributed by atoms with van der Waals surface area (Å²) in [5.74, 6) is -0.440. The minimum atomic E-state index is -4.46. The van der Waals surface area contributed by atoms with Crippen molar-refractivity contribution in [3.63, 3.8) is 0 Å². The molecule has 0 spiro atoms. The van der Waals surface area contributed by atoms with E-state index < -0.39 is 33.6 Å². The molecule has 26 heavy (non-hydrogen) atoms. The molecule has 0 saturated carbocycles. The number of nitrogens with one attached hydrogen (secondary N) is 1. The Balaban J connectivity index is 2.03. The highest BCUT2D eigenvalue weighted by Gasteiger charge is 2.30. The van der Waals surface area contributed by atoms with Gasteiger partial charge in [-0.25, -0.2) is 13.1 Å². The van der Waals surface area contributed by atoms with E-state index >= 15 is 0 Å². The second-order valence-corrected chi connectivity index (χ2v) is 7.76. The van der Waals surface area contributed by atoms with Crippen molar-refractivity contribution in [1.82, 2.24) is 4.72 Å². The molecule has 0 aliphatic heterocycles. The van der Waals surface area contributed by atoms with Gasteiger partial charge >= 0.3 is 6.18 Å². The molecule has 0 amide bonds. The molecule has 1 N–H and O–H groups in total. The number of hydrogen-bond acceptors (Lipinski definition) is 3. The molecule has 0 heterocycles. The Labute approximate surface area is 155 Å². The van der Waals surface area contributed by atoms with Crippen LogP contribution in [0.5, 0.6) is 0 Å². The van der Waals surface area contributed by atoms with Crippen molar-refractivity contribution in [2.45, 2.75) is 18.0 Å². The molecule has 142 valence electrons. The van der Waals surface area contributed by atoms with Crippen molar-refractivity contribution in [3.05, 3.63) is 70.2 Å². The lowest BCUT2D eigenvalue weighted by Crippen LogP contribution is -2.30. The summed E-state index contributed by atoms with van der Waals surface area (Å²) in [5.41, 5.74) is 0.0517. The molecule has 0 saturated heterocycles. The van der Waals surface area contributed by atoms with Gasteiger partial charge in [-0.3, -0.25) is 0 Å². The van der Waals surface area contributed by atoms with Crippen LogP contribution in [-0.2, 0) is 26.7 Å². The number of halogens is 4. The Kier molecular flexibility index (Phi) is 6.68. The number of methoxy groups -OCH3 is 1. The predicted octanol–water partition coefficient (Wildman–Crippen LogP) is 4.17. The van der Waals surface area contributed by atoms with Gasteiger partial charge in [0.05, 0.1) is 17.4 Å². The van der Waals surface area contributed by atoms with E-state index in [-0.39, 0.29) is 12.1 Å². The van der Waals surface area contributed by atoms with Crippen LogP contribution in [0.25, 0.3) is 0 Å². The van der Waals surface area contributed by atoms with Crippen LogP contribution in [0.2, 0.25) is 5.02 Å². The average molecular weight is 408 g/mol. The zero-order chi connectivity index (χ0) is 19.4. The van der Waals surface area contributed by atoms with Crippen molar-refractivity contribution in [3.8, 4) is 0 Å². The second kappa shape index (κ2) is 8.39. The Morgan fingerprint density at radius 1 is 1.12 bits per heavy atom. The first-order valence-electron chi connectivity index (χ1n) is 7.53. The van der Waals surface area contributed by atoms with Crippen LogP contribution < -0.4 is 4.72 Å². The first-order chi connectivity index (χ1) is 12.1. The smallest absolute Gasteiger partial charge is 0.375 e. The van der Waals surface area contributed by atoms with Gasteiger partial charge < -0.3 is 4.74 Å². The van der Waals surface area contributed by atoms with Crippen LogP contribution in [0, 0.1) is 0 Å². The van der Waals surface area contributed by atoms with Crippen molar-refractivity contribution < 1.29 is 26.3 Å². The summed E-state index contributed by atoms with van der Waals surface area (Å²) < 4.78 is 69.7. The van der Waals surface area contributed by atoms with Gasteiger partial charge in [-0.05, 0) is 23.8 Å². The molecule has 0 fully saturated rings. The lowest BCUT2D eigenvalue weighted by Gasteiger charge is -2.18. The average Bonchev–Trinajstić information content (AvgIpc) is 2.56. The van der Waals surface area contributed by atoms with Gasteiger partial charge in [0.1, 0.15) is 0 Å². The molecule has 0 aliphatic carbocycles. The summed E-state index contributed by atoms with van der Waals surface area (Å²) in [7, 11) is -2.33. The summed E-state index contributed by atoms with van der Waals surface area (Å²) in [6.07, 6.45) is -5.05. The number of hydrogen-bond donors (Lipinski definition) is 1. The monoisotopic (exact) mass is 407 g/mol. The van der Waals surface area contributed by atoms with Crippen molar-refractivity contribution in [1.29, 1.82) is 0 Å². The van der Waals surface area contributed by atoms with E-state index in [1.54, 1.807) is 24.3 Å². The number of ether oxygens (including phenoxy) is 1. The van der Waals surface area contributed by atoms with Crippen LogP contribution in [-0.4, -0.2) is 22.1 Å². The fraction of sp³-hybridized carbons (Fsp3) is 0.294. The summed E-state index contributed by atoms with van der Waals surface area (Å²) in [5, 5.41) is 0.446. The minimum absolute atomic E-state index is 0.0524. The van der Waals surface area contributed by atoms with Crippen LogP contribution >= 0.6 is 11.6 Å². The van der Waals surface area contributed by atoms with Crippen molar-refractivity contribution in [2.24, 2.45) is 0 Å². The van der Waals surface area contributed by atoms with E-state index in [2.05, 4.69) is 4.72 Å². The molecule has 1 atom stereocenters. The third-order valence-electron chi connectivity index (χ3n) is 3.66. The molecule has 2 aromatic carbocycles. The van der Waals surface area contributed by atoms with Crippen molar-refractivity contribution in [2.75, 3.05) is 13.7 Å². The third-order valence-corrected chi connectivity index (χ3v) is 5.33. The van der Waals surface area contributed by atoms with E-state index in [1.165, 1.54) is 7.11 Å². The van der Waals surface area contributed by atoms with Gasteiger partial charge in [-0.2, -0.15) is 13.2 Å². The molecule has 2 rings (SSSR count). The molecule has 4 nitrogen and oxygen atoms in total. The van der Waals surface area contributed by atoms with Crippen LogP contribution in [0.4, 0.5) is 13.2 Å². The van der Waals surface area contributed by atoms with E-state index in [0.29, 0.717) is 10.6 Å². The molecular weight excluding hydrogens is 391 g/mol. The first kappa shape index (κ1) is 20.7. The SMILES string of the molecule is CO[C@H](CNS(=O)(=O)Cc1ccc(C(F)(F)F)cc1)c1ccccc1Cl. The summed E-state index contributed by atoms with van der Waals surface area (Å²) in [6, 6.07) is 10.9. The Morgan fingerprint density at radius 3 is 2.27 bits per heavy atom. The maximum absolute atomic E-state index is 12.5. The highest BCUT2D eigenvalue weighted by atomic mass is 35.5. The van der Waals surface area contributed by atoms with Gasteiger partial charge in [-0.1, -0.05) is 41.9 Å². The number of alkyl halides is 3. The highest BCUT2D eigenvalue weighted by Crippen LogP contribution is 2.29. The van der Waals surface area contributed by atoms with Gasteiger partial charge in [0.15, 0.2) is 0 Å². The quantitative estimate of drug-likeness (QED) is 0.749. The third kappa shape index (κ3) is 5.70. The van der Waals surface area contributed by atoms with E-state index in [9.17, 15) is 21.6 Å². The standard InChI is InChI=1S/C17H17ClF3NO3S/c1-25-16(14-4-2-3-5-15(14)18)10-22-26(23,24)11-12-6-8-13(9-7-12)17(19,20)21/h2-9,16,22H,10-11H2,1H3/t16-/m1/s1. The molecule has 0 bridgehead atoms. The van der Waals surface area contributed by atoms with E-state index in [4.69, 9.17) is 16.3 Å². The molecule has 9 heteroatoms. The summed E-state index contributed by atoms with van der Waals surface area (Å²) in [6.45, 7) is -0.0524. The minimum Gasteiger partial charge on any atom is -0.375 e. The lowest BCUT2D eigenvalue weighted by atomic mass is 10.1. The second-order valence-electron chi connectivity index (χ2n) is 5.55. The fourth-order valence-electron chi connectivity index (χ4n) is 2.32. The van der Waals surface area contributed by atoms with Crippen LogP contribution in [0.15, 0.2) is 48.5 Å². The summed E-state index contributed by atoms with van der Waals surface area (Å²) >= 11 is 6.08. The summed E-state index contributed by atoms with van der Waals surface area (Å²) in [4.78, 5) is 0. The molecule has 0 aliphatic rings. The number of benzene rings is 2. The van der Waals surface area contributed by atoms with Gasteiger partial charge in [0.25, 0.3) is 0 Å². The topological polar surface area (TPSA) is 55.4 Å². The van der Waals surface area contributed by atoms with E-state index in [0.717, 1.165) is 24.3 Å². The maximum atomic E-state index is 12.5. The van der Waals surface area contributed by atoms with Crippen LogP contribution in [0.1, 0.15) is 22.8 Å². The molecule has 0 radical (unpaired) electrons. The van der Waals surface area contributed by atoms with Crippen LogP contribution in [0.3, 0.4) is 0 Å². The lowest BCUT2D eigenvalue weighted by molar-refractivity contribution is -0.137. The molecule has 0 unspecified atom stereocenters. The van der Waals surface area contributed by atoms with Crippen molar-refractivity contribution >= 4 is 21.6 Å². The Hall–Kier alpha value is -1.61. The number of rotatable bonds is 7. The zero-order valence-electron chi connectivity index (χ0n) is 13.8. The van der Waals surface area contributed by atoms with Gasteiger partial charge in [0.2, 0.25) is 10.0 Å². The number of sulfonamides is 1. The molecule has 2 aromatic rings. The Bertz CT molecular complexity index is 839. The first-order valence-corrected chi connectivity index (χ1v) is 9.56. The van der Waals surface area contributed by atoms with Gasteiger partial charge in [0, 0.05) is 24.2 Å². The fourth-order valence-corrected chi connectivity index (χ4v) is 3.72. The highest BCUT2D eigenvalue weighted by molar-refractivity contribution is 7.88. The maximum Gasteiger partial charge on any atom is 0.416 e. The Morgan fingerprint density at radius 2 is 1.73 bits per heavy atom. The largest absolute Gasteiger partial charge is 0.416 e. The molecule has 0 aromatic heterocycles. The normalized spacial score (nSPS) is 13.6. The zero-order valence-corrected chi connectivity index (χ0v) is 15.3. The van der Waals surface area contributed by atoms with Gasteiger partial charge in [-0.15, -0.1) is 0 Å². The predicted molar refractivity (Wildman–Crippen MR) is 93.3 cm³/mol. The van der Waals surface area contributed by atoms with E-state index in [1.807, 2.05) is 0 Å². The molecular formula is C17H17ClF3NO3S.